The van der Waals surface area contributed by atoms with Crippen molar-refractivity contribution in [1.29, 1.82) is 0 Å². The van der Waals surface area contributed by atoms with E-state index in [0.29, 0.717) is 22.3 Å². The Balaban J connectivity index is 1.34. The predicted octanol–water partition coefficient (Wildman–Crippen LogP) is 4.33. The van der Waals surface area contributed by atoms with Gasteiger partial charge in [-0.15, -0.1) is 11.3 Å². The van der Waals surface area contributed by atoms with E-state index in [4.69, 9.17) is 11.6 Å². The van der Waals surface area contributed by atoms with Gasteiger partial charge in [0, 0.05) is 54.7 Å². The molecule has 4 rings (SSSR count). The van der Waals surface area contributed by atoms with Gasteiger partial charge in [0.05, 0.1) is 11.6 Å². The zero-order valence-corrected chi connectivity index (χ0v) is 17.7. The summed E-state index contributed by atoms with van der Waals surface area (Å²) < 4.78 is 0. The van der Waals surface area contributed by atoms with E-state index in [0.717, 1.165) is 37.0 Å². The monoisotopic (exact) mass is 427 g/mol. The minimum Gasteiger partial charge on any atom is -0.354 e. The fraction of sp³-hybridized carbons (Fsp3) is 0.286. The van der Waals surface area contributed by atoms with Crippen LogP contribution < -0.4 is 10.2 Å². The number of halogens is 1. The first kappa shape index (κ1) is 19.8. The Bertz CT molecular complexity index is 955. The molecule has 29 heavy (non-hydrogen) atoms. The number of piperazine rings is 1. The molecule has 6 nitrogen and oxygen atoms in total. The van der Waals surface area contributed by atoms with Gasteiger partial charge in [-0.3, -0.25) is 9.69 Å². The lowest BCUT2D eigenvalue weighted by atomic mass is 10.2. The van der Waals surface area contributed by atoms with Crippen molar-refractivity contribution in [3.05, 3.63) is 69.8 Å². The Kier molecular flexibility index (Phi) is 6.08. The smallest absolute Gasteiger partial charge is 0.257 e. The van der Waals surface area contributed by atoms with Gasteiger partial charge in [0.25, 0.3) is 5.91 Å². The molecule has 0 bridgehead atoms. The van der Waals surface area contributed by atoms with E-state index in [9.17, 15) is 4.79 Å². The Labute approximate surface area is 179 Å². The Morgan fingerprint density at radius 2 is 2.00 bits per heavy atom. The van der Waals surface area contributed by atoms with Crippen LogP contribution in [0.15, 0.2) is 54.2 Å². The van der Waals surface area contributed by atoms with Crippen molar-refractivity contribution in [2.24, 2.45) is 0 Å². The molecule has 1 aromatic carbocycles. The van der Waals surface area contributed by atoms with Crippen molar-refractivity contribution in [1.82, 2.24) is 14.9 Å². The van der Waals surface area contributed by atoms with E-state index in [2.05, 4.69) is 32.0 Å². The fourth-order valence-electron chi connectivity index (χ4n) is 3.41. The van der Waals surface area contributed by atoms with Crippen LogP contribution in [0.5, 0.6) is 0 Å². The lowest BCUT2D eigenvalue weighted by Crippen LogP contribution is -2.47. The Hall–Kier alpha value is -2.48. The molecule has 0 spiro atoms. The van der Waals surface area contributed by atoms with Crippen molar-refractivity contribution in [2.75, 3.05) is 36.4 Å². The summed E-state index contributed by atoms with van der Waals surface area (Å²) in [4.78, 5) is 26.1. The van der Waals surface area contributed by atoms with E-state index in [-0.39, 0.29) is 5.91 Å². The normalized spacial score (nSPS) is 15.9. The minimum absolute atomic E-state index is 0.201. The highest BCUT2D eigenvalue weighted by Gasteiger charge is 2.24. The van der Waals surface area contributed by atoms with Crippen LogP contribution in [0, 0.1) is 0 Å². The molecule has 8 heteroatoms. The predicted molar refractivity (Wildman–Crippen MR) is 118 cm³/mol. The van der Waals surface area contributed by atoms with Crippen LogP contribution in [0.1, 0.15) is 28.3 Å². The zero-order valence-electron chi connectivity index (χ0n) is 16.1. The maximum Gasteiger partial charge on any atom is 0.257 e. The average molecular weight is 428 g/mol. The molecule has 3 heterocycles. The van der Waals surface area contributed by atoms with E-state index >= 15 is 0 Å². The van der Waals surface area contributed by atoms with Crippen LogP contribution in [0.4, 0.5) is 11.5 Å². The molecule has 1 aliphatic heterocycles. The molecule has 1 fully saturated rings. The van der Waals surface area contributed by atoms with Crippen LogP contribution in [0.25, 0.3) is 0 Å². The van der Waals surface area contributed by atoms with Crippen LogP contribution >= 0.6 is 22.9 Å². The van der Waals surface area contributed by atoms with Crippen molar-refractivity contribution < 1.29 is 4.79 Å². The van der Waals surface area contributed by atoms with Crippen LogP contribution in [0.3, 0.4) is 0 Å². The number of pyridine rings is 1. The molecule has 0 saturated carbocycles. The molecule has 2 aromatic heterocycles. The van der Waals surface area contributed by atoms with Crippen molar-refractivity contribution in [3.8, 4) is 0 Å². The lowest BCUT2D eigenvalue weighted by molar-refractivity contribution is 0.102. The summed E-state index contributed by atoms with van der Waals surface area (Å²) in [5, 5.41) is 6.61. The van der Waals surface area contributed by atoms with E-state index < -0.39 is 0 Å². The van der Waals surface area contributed by atoms with Gasteiger partial charge in [0.15, 0.2) is 0 Å². The molecule has 1 N–H and O–H groups in total. The number of carbonyl (C=O) groups excluding carboxylic acids is 1. The molecule has 1 amide bonds. The largest absolute Gasteiger partial charge is 0.354 e. The summed E-state index contributed by atoms with van der Waals surface area (Å²) in [6.45, 7) is 5.92. The number of anilines is 2. The van der Waals surface area contributed by atoms with Crippen LogP contribution in [-0.2, 0) is 0 Å². The molecule has 1 atom stereocenters. The van der Waals surface area contributed by atoms with Crippen molar-refractivity contribution >= 4 is 40.4 Å². The van der Waals surface area contributed by atoms with Crippen LogP contribution in [0.2, 0.25) is 5.02 Å². The molecule has 1 saturated heterocycles. The third-order valence-electron chi connectivity index (χ3n) is 5.09. The number of nitrogens with zero attached hydrogens (tertiary/aromatic N) is 4. The third kappa shape index (κ3) is 4.75. The molecule has 1 aliphatic rings. The number of nitrogens with one attached hydrogen (secondary N) is 1. The highest BCUT2D eigenvalue weighted by Crippen LogP contribution is 2.24. The first-order valence-electron chi connectivity index (χ1n) is 9.51. The number of rotatable bonds is 5. The Morgan fingerprint density at radius 3 is 2.66 bits per heavy atom. The summed E-state index contributed by atoms with van der Waals surface area (Å²) in [6, 6.07) is 11.1. The molecule has 0 aliphatic carbocycles. The number of thiazole rings is 1. The van der Waals surface area contributed by atoms with Gasteiger partial charge >= 0.3 is 0 Å². The second kappa shape index (κ2) is 8.90. The molecule has 0 radical (unpaired) electrons. The van der Waals surface area contributed by atoms with Crippen molar-refractivity contribution in [2.45, 2.75) is 13.0 Å². The standard InChI is InChI=1S/C21H22ClN5OS/c1-15(21-23-7-12-29-21)26-8-10-27(11-9-26)19-6-5-16(14-24-19)20(28)25-18-4-2-3-17(22)13-18/h2-7,12-15H,8-11H2,1H3,(H,25,28). The number of benzene rings is 1. The van der Waals surface area contributed by atoms with Gasteiger partial charge in [-0.2, -0.15) is 0 Å². The van der Waals surface area contributed by atoms with Crippen LogP contribution in [-0.4, -0.2) is 47.0 Å². The van der Waals surface area contributed by atoms with Gasteiger partial charge in [0.1, 0.15) is 10.8 Å². The second-order valence-corrected chi connectivity index (χ2v) is 8.30. The van der Waals surface area contributed by atoms with E-state index in [1.807, 2.05) is 23.7 Å². The summed E-state index contributed by atoms with van der Waals surface area (Å²) in [7, 11) is 0. The molecule has 150 valence electrons. The molecule has 1 unspecified atom stereocenters. The maximum absolute atomic E-state index is 12.4. The third-order valence-corrected chi connectivity index (χ3v) is 6.27. The zero-order chi connectivity index (χ0) is 20.2. The van der Waals surface area contributed by atoms with E-state index in [1.54, 1.807) is 41.8 Å². The highest BCUT2D eigenvalue weighted by atomic mass is 35.5. The summed E-state index contributed by atoms with van der Waals surface area (Å²) in [6.07, 6.45) is 3.49. The molecule has 3 aromatic rings. The number of hydrogen-bond donors (Lipinski definition) is 1. The van der Waals surface area contributed by atoms with Gasteiger partial charge in [0.2, 0.25) is 0 Å². The van der Waals surface area contributed by atoms with Gasteiger partial charge in [-0.25, -0.2) is 9.97 Å². The SMILES string of the molecule is CC(c1nccs1)N1CCN(c2ccc(C(=O)Nc3cccc(Cl)c3)cn2)CC1. The Morgan fingerprint density at radius 1 is 1.17 bits per heavy atom. The van der Waals surface area contributed by atoms with Crippen molar-refractivity contribution in [3.63, 3.8) is 0 Å². The fourth-order valence-corrected chi connectivity index (χ4v) is 4.33. The van der Waals surface area contributed by atoms with Gasteiger partial charge in [-0.05, 0) is 37.3 Å². The van der Waals surface area contributed by atoms with Gasteiger partial charge in [-0.1, -0.05) is 17.7 Å². The highest BCUT2D eigenvalue weighted by molar-refractivity contribution is 7.09. The number of carbonyl (C=O) groups is 1. The number of amides is 1. The summed E-state index contributed by atoms with van der Waals surface area (Å²) in [5.74, 6) is 0.694. The first-order valence-corrected chi connectivity index (χ1v) is 10.8. The summed E-state index contributed by atoms with van der Waals surface area (Å²) in [5.41, 5.74) is 1.18. The maximum atomic E-state index is 12.4. The topological polar surface area (TPSA) is 61.4 Å². The first-order chi connectivity index (χ1) is 14.1. The number of aromatic nitrogens is 2. The van der Waals surface area contributed by atoms with E-state index in [1.165, 1.54) is 0 Å². The quantitative estimate of drug-likeness (QED) is 0.656. The minimum atomic E-state index is -0.201. The number of hydrogen-bond acceptors (Lipinski definition) is 6. The molecular weight excluding hydrogens is 406 g/mol. The average Bonchev–Trinajstić information content (AvgIpc) is 3.28. The molecular formula is C21H22ClN5OS. The summed E-state index contributed by atoms with van der Waals surface area (Å²) >= 11 is 7.67. The lowest BCUT2D eigenvalue weighted by Gasteiger charge is -2.38. The van der Waals surface area contributed by atoms with Gasteiger partial charge < -0.3 is 10.2 Å². The second-order valence-electron chi connectivity index (χ2n) is 6.94.